The third kappa shape index (κ3) is 4.53. The summed E-state index contributed by atoms with van der Waals surface area (Å²) >= 11 is 0. The molecular weight excluding hydrogens is 380 g/mol. The van der Waals surface area contributed by atoms with Crippen LogP contribution in [0.3, 0.4) is 0 Å². The summed E-state index contributed by atoms with van der Waals surface area (Å²) in [6.45, 7) is 0.365. The van der Waals surface area contributed by atoms with E-state index >= 15 is 0 Å². The molecule has 0 aliphatic heterocycles. The first-order valence-electron chi connectivity index (χ1n) is 9.27. The molecule has 3 rings (SSSR count). The molecular formula is C23H22N4O3. The average Bonchev–Trinajstić information content (AvgIpc) is 2.74. The van der Waals surface area contributed by atoms with Crippen molar-refractivity contribution in [2.24, 2.45) is 5.73 Å². The lowest BCUT2D eigenvalue weighted by Crippen LogP contribution is -2.15. The first-order valence-corrected chi connectivity index (χ1v) is 9.27. The molecule has 0 saturated heterocycles. The predicted molar refractivity (Wildman–Crippen MR) is 118 cm³/mol. The first kappa shape index (κ1) is 20.8. The van der Waals surface area contributed by atoms with Gasteiger partial charge in [-0.1, -0.05) is 36.4 Å². The highest BCUT2D eigenvalue weighted by Crippen LogP contribution is 2.30. The van der Waals surface area contributed by atoms with E-state index in [4.69, 9.17) is 22.0 Å². The van der Waals surface area contributed by atoms with Crippen LogP contribution in [0.5, 0.6) is 0 Å². The van der Waals surface area contributed by atoms with Crippen LogP contribution >= 0.6 is 0 Å². The van der Waals surface area contributed by atoms with E-state index in [1.807, 2.05) is 24.3 Å². The molecule has 0 aliphatic rings. The average molecular weight is 402 g/mol. The topological polar surface area (TPSA) is 142 Å². The highest BCUT2D eigenvalue weighted by atomic mass is 16.4. The van der Waals surface area contributed by atoms with Gasteiger partial charge in [0.15, 0.2) is 0 Å². The molecule has 7 heteroatoms. The van der Waals surface area contributed by atoms with Gasteiger partial charge >= 0.3 is 5.97 Å². The van der Waals surface area contributed by atoms with Crippen molar-refractivity contribution in [1.29, 1.82) is 5.41 Å². The second kappa shape index (κ2) is 9.02. The number of carbonyl (C=O) groups excluding carboxylic acids is 1. The fourth-order valence-electron chi connectivity index (χ4n) is 3.23. The number of hydrogen-bond acceptors (Lipinski definition) is 5. The number of hydrogen-bond donors (Lipinski definition) is 5. The largest absolute Gasteiger partial charge is 0.481 e. The van der Waals surface area contributed by atoms with Crippen LogP contribution in [0, 0.1) is 5.41 Å². The van der Waals surface area contributed by atoms with E-state index in [0.717, 1.165) is 17.3 Å². The Balaban J connectivity index is 2.01. The number of rotatable bonds is 7. The number of para-hydroxylation sites is 1. The number of carboxylic acids is 1. The maximum absolute atomic E-state index is 12.9. The number of nitrogens with one attached hydrogen (secondary N) is 2. The number of nitrogens with two attached hydrogens (primary N) is 2. The molecule has 1 amide bonds. The van der Waals surface area contributed by atoms with Gasteiger partial charge < -0.3 is 27.3 Å². The predicted octanol–water partition coefficient (Wildman–Crippen LogP) is 3.27. The zero-order valence-electron chi connectivity index (χ0n) is 16.2. The molecule has 7 nitrogen and oxygen atoms in total. The zero-order valence-corrected chi connectivity index (χ0v) is 16.2. The van der Waals surface area contributed by atoms with Gasteiger partial charge in [-0.2, -0.15) is 0 Å². The maximum Gasteiger partial charge on any atom is 0.307 e. The van der Waals surface area contributed by atoms with Gasteiger partial charge in [-0.05, 0) is 46.5 Å². The Morgan fingerprint density at radius 3 is 2.53 bits per heavy atom. The molecule has 0 bridgehead atoms. The maximum atomic E-state index is 12.9. The fraction of sp³-hybridized carbons (Fsp3) is 0.0870. The molecule has 0 radical (unpaired) electrons. The van der Waals surface area contributed by atoms with E-state index < -0.39 is 11.9 Å². The summed E-state index contributed by atoms with van der Waals surface area (Å²) in [5.41, 5.74) is 16.2. The van der Waals surface area contributed by atoms with Gasteiger partial charge in [-0.25, -0.2) is 0 Å². The second-order valence-corrected chi connectivity index (χ2v) is 6.76. The lowest BCUT2D eigenvalue weighted by Gasteiger charge is -2.14. The Morgan fingerprint density at radius 1 is 1.07 bits per heavy atom. The van der Waals surface area contributed by atoms with E-state index in [1.54, 1.807) is 30.3 Å². The number of amides is 1. The van der Waals surface area contributed by atoms with Gasteiger partial charge in [0.1, 0.15) is 0 Å². The van der Waals surface area contributed by atoms with Crippen LogP contribution < -0.4 is 16.8 Å². The minimum Gasteiger partial charge on any atom is -0.481 e. The SMILES string of the molecule is N=Cc1c(N)cc(C(=O)Nc2ccccc2CC(=O)O)cc1-c1cccc(CN)c1. The highest BCUT2D eigenvalue weighted by molar-refractivity contribution is 6.08. The van der Waals surface area contributed by atoms with Crippen molar-refractivity contribution >= 4 is 29.5 Å². The van der Waals surface area contributed by atoms with Crippen LogP contribution in [0.25, 0.3) is 11.1 Å². The fourth-order valence-corrected chi connectivity index (χ4v) is 3.23. The Bertz CT molecular complexity index is 1130. The second-order valence-electron chi connectivity index (χ2n) is 6.76. The zero-order chi connectivity index (χ0) is 21.7. The van der Waals surface area contributed by atoms with Gasteiger partial charge in [-0.3, -0.25) is 9.59 Å². The van der Waals surface area contributed by atoms with Gasteiger partial charge in [-0.15, -0.1) is 0 Å². The number of benzene rings is 3. The molecule has 0 aromatic heterocycles. The molecule has 152 valence electrons. The number of carboxylic acid groups (broad SMARTS) is 1. The quantitative estimate of drug-likeness (QED) is 0.304. The van der Waals surface area contributed by atoms with Gasteiger partial charge in [0.2, 0.25) is 0 Å². The Kier molecular flexibility index (Phi) is 6.24. The molecule has 0 atom stereocenters. The smallest absolute Gasteiger partial charge is 0.307 e. The molecule has 0 aliphatic carbocycles. The number of nitrogen functional groups attached to an aromatic ring is 1. The van der Waals surface area contributed by atoms with Crippen LogP contribution in [0.2, 0.25) is 0 Å². The molecule has 30 heavy (non-hydrogen) atoms. The van der Waals surface area contributed by atoms with E-state index in [1.165, 1.54) is 6.07 Å². The molecule has 0 heterocycles. The standard InChI is InChI=1S/C23H22N4O3/c24-12-14-4-3-6-15(8-14)18-9-17(10-20(26)19(18)13-25)23(30)27-21-7-2-1-5-16(21)11-22(28)29/h1-10,13,25H,11-12,24,26H2,(H,27,30)(H,28,29). The Morgan fingerprint density at radius 2 is 1.83 bits per heavy atom. The summed E-state index contributed by atoms with van der Waals surface area (Å²) < 4.78 is 0. The summed E-state index contributed by atoms with van der Waals surface area (Å²) in [4.78, 5) is 24.0. The minimum absolute atomic E-state index is 0.206. The summed E-state index contributed by atoms with van der Waals surface area (Å²) in [5.74, 6) is -1.41. The third-order valence-electron chi connectivity index (χ3n) is 4.70. The van der Waals surface area contributed by atoms with Crippen molar-refractivity contribution in [3.8, 4) is 11.1 Å². The molecule has 0 unspecified atom stereocenters. The lowest BCUT2D eigenvalue weighted by atomic mass is 9.94. The van der Waals surface area contributed by atoms with E-state index in [9.17, 15) is 9.59 Å². The van der Waals surface area contributed by atoms with Crippen LogP contribution in [0.15, 0.2) is 60.7 Å². The first-order chi connectivity index (χ1) is 14.4. The van der Waals surface area contributed by atoms with E-state index in [2.05, 4.69) is 5.32 Å². The molecule has 0 saturated carbocycles. The van der Waals surface area contributed by atoms with Crippen LogP contribution in [-0.4, -0.2) is 23.2 Å². The van der Waals surface area contributed by atoms with Crippen molar-refractivity contribution in [2.45, 2.75) is 13.0 Å². The monoisotopic (exact) mass is 402 g/mol. The van der Waals surface area contributed by atoms with Crippen molar-refractivity contribution in [1.82, 2.24) is 0 Å². The van der Waals surface area contributed by atoms with Crippen molar-refractivity contribution in [3.05, 3.63) is 82.9 Å². The normalized spacial score (nSPS) is 10.4. The molecule has 0 spiro atoms. The highest BCUT2D eigenvalue weighted by Gasteiger charge is 2.16. The van der Waals surface area contributed by atoms with Crippen LogP contribution in [0.4, 0.5) is 11.4 Å². The summed E-state index contributed by atoms with van der Waals surface area (Å²) in [5, 5.41) is 19.6. The third-order valence-corrected chi connectivity index (χ3v) is 4.70. The van der Waals surface area contributed by atoms with Crippen LogP contribution in [-0.2, 0) is 17.8 Å². The van der Waals surface area contributed by atoms with Gasteiger partial charge in [0.05, 0.1) is 6.42 Å². The summed E-state index contributed by atoms with van der Waals surface area (Å²) in [7, 11) is 0. The molecule has 3 aromatic rings. The van der Waals surface area contributed by atoms with Crippen molar-refractivity contribution in [3.63, 3.8) is 0 Å². The van der Waals surface area contributed by atoms with Crippen molar-refractivity contribution in [2.75, 3.05) is 11.1 Å². The van der Waals surface area contributed by atoms with E-state index in [-0.39, 0.29) is 6.42 Å². The molecule has 3 aromatic carbocycles. The molecule has 7 N–H and O–H groups in total. The summed E-state index contributed by atoms with van der Waals surface area (Å²) in [6, 6.07) is 17.4. The number of aliphatic carboxylic acids is 1. The van der Waals surface area contributed by atoms with Gasteiger partial charge in [0, 0.05) is 35.3 Å². The van der Waals surface area contributed by atoms with Crippen LogP contribution in [0.1, 0.15) is 27.0 Å². The lowest BCUT2D eigenvalue weighted by molar-refractivity contribution is -0.136. The Hall–Kier alpha value is -3.97. The van der Waals surface area contributed by atoms with Crippen molar-refractivity contribution < 1.29 is 14.7 Å². The summed E-state index contributed by atoms with van der Waals surface area (Å²) in [6.07, 6.45) is 0.950. The van der Waals surface area contributed by atoms with E-state index in [0.29, 0.717) is 40.2 Å². The number of carbonyl (C=O) groups is 2. The Labute approximate surface area is 173 Å². The minimum atomic E-state index is -0.988. The number of anilines is 2. The molecule has 0 fully saturated rings. The van der Waals surface area contributed by atoms with Gasteiger partial charge in [0.25, 0.3) is 5.91 Å².